The van der Waals surface area contributed by atoms with Crippen LogP contribution in [0.3, 0.4) is 0 Å². The molecule has 1 aromatic carbocycles. The summed E-state index contributed by atoms with van der Waals surface area (Å²) in [5.74, 6) is -0.264. The van der Waals surface area contributed by atoms with Crippen LogP contribution in [0.2, 0.25) is 0 Å². The molecule has 1 heterocycles. The standard InChI is InChI=1S/C14H15FINO2S/c15-10-3-4-14(13(16)6-10)17-7-11(18)8-19-9-12-2-1-5-20-12/h1-6,11,17-18H,7-9H2. The Bertz CT molecular complexity index is 536. The van der Waals surface area contributed by atoms with Crippen LogP contribution in [0.25, 0.3) is 0 Å². The molecule has 2 rings (SSSR count). The smallest absolute Gasteiger partial charge is 0.124 e. The molecule has 0 saturated heterocycles. The number of hydrogen-bond acceptors (Lipinski definition) is 4. The van der Waals surface area contributed by atoms with E-state index in [0.29, 0.717) is 13.2 Å². The maximum absolute atomic E-state index is 12.9. The second-order valence-corrected chi connectivity index (χ2v) is 6.45. The highest BCUT2D eigenvalue weighted by molar-refractivity contribution is 14.1. The van der Waals surface area contributed by atoms with Crippen molar-refractivity contribution in [1.29, 1.82) is 0 Å². The highest BCUT2D eigenvalue weighted by atomic mass is 127. The normalized spacial score (nSPS) is 12.3. The Kier molecular flexibility index (Phi) is 6.21. The highest BCUT2D eigenvalue weighted by Crippen LogP contribution is 2.18. The molecule has 20 heavy (non-hydrogen) atoms. The van der Waals surface area contributed by atoms with Gasteiger partial charge in [0, 0.05) is 20.7 Å². The first kappa shape index (κ1) is 15.7. The minimum absolute atomic E-state index is 0.264. The molecule has 2 aromatic rings. The van der Waals surface area contributed by atoms with Gasteiger partial charge in [0.05, 0.1) is 19.3 Å². The van der Waals surface area contributed by atoms with Crippen molar-refractivity contribution >= 4 is 39.6 Å². The molecule has 108 valence electrons. The summed E-state index contributed by atoms with van der Waals surface area (Å²) in [6, 6.07) is 8.47. The van der Waals surface area contributed by atoms with Crippen molar-refractivity contribution in [2.45, 2.75) is 12.7 Å². The lowest BCUT2D eigenvalue weighted by Crippen LogP contribution is -2.25. The van der Waals surface area contributed by atoms with E-state index in [0.717, 1.165) is 14.1 Å². The Hall–Kier alpha value is -0.700. The van der Waals surface area contributed by atoms with Gasteiger partial charge >= 0.3 is 0 Å². The minimum atomic E-state index is -0.601. The minimum Gasteiger partial charge on any atom is -0.389 e. The molecule has 2 N–H and O–H groups in total. The fraction of sp³-hybridized carbons (Fsp3) is 0.286. The van der Waals surface area contributed by atoms with Crippen LogP contribution in [0.15, 0.2) is 35.7 Å². The molecule has 1 aromatic heterocycles. The van der Waals surface area contributed by atoms with Crippen molar-refractivity contribution in [3.63, 3.8) is 0 Å². The molecule has 0 bridgehead atoms. The summed E-state index contributed by atoms with van der Waals surface area (Å²) >= 11 is 3.68. The lowest BCUT2D eigenvalue weighted by atomic mass is 10.3. The van der Waals surface area contributed by atoms with Crippen molar-refractivity contribution in [1.82, 2.24) is 0 Å². The monoisotopic (exact) mass is 407 g/mol. The average molecular weight is 407 g/mol. The van der Waals surface area contributed by atoms with E-state index in [1.807, 2.05) is 17.5 Å². The first-order chi connectivity index (χ1) is 9.65. The van der Waals surface area contributed by atoms with Gasteiger partial charge in [-0.05, 0) is 52.2 Å². The zero-order valence-corrected chi connectivity index (χ0v) is 13.7. The van der Waals surface area contributed by atoms with Crippen LogP contribution in [-0.4, -0.2) is 24.4 Å². The SMILES string of the molecule is OC(CNc1ccc(F)cc1I)COCc1cccs1. The van der Waals surface area contributed by atoms with Gasteiger partial charge in [-0.3, -0.25) is 0 Å². The third kappa shape index (κ3) is 5.01. The summed E-state index contributed by atoms with van der Waals surface area (Å²) in [7, 11) is 0. The second-order valence-electron chi connectivity index (χ2n) is 4.25. The van der Waals surface area contributed by atoms with Gasteiger partial charge in [-0.25, -0.2) is 4.39 Å². The quantitative estimate of drug-likeness (QED) is 0.691. The summed E-state index contributed by atoms with van der Waals surface area (Å²) in [6.07, 6.45) is -0.601. The number of aliphatic hydroxyl groups is 1. The van der Waals surface area contributed by atoms with E-state index < -0.39 is 6.10 Å². The van der Waals surface area contributed by atoms with Crippen molar-refractivity contribution < 1.29 is 14.2 Å². The third-order valence-corrected chi connectivity index (χ3v) is 4.34. The first-order valence-corrected chi connectivity index (χ1v) is 8.08. The van der Waals surface area contributed by atoms with E-state index in [1.165, 1.54) is 12.1 Å². The fourth-order valence-corrected chi connectivity index (χ4v) is 2.92. The van der Waals surface area contributed by atoms with Crippen LogP contribution in [-0.2, 0) is 11.3 Å². The number of anilines is 1. The van der Waals surface area contributed by atoms with E-state index >= 15 is 0 Å². The van der Waals surface area contributed by atoms with Crippen LogP contribution in [0.5, 0.6) is 0 Å². The Balaban J connectivity index is 1.70. The molecule has 0 radical (unpaired) electrons. The molecular weight excluding hydrogens is 392 g/mol. The number of thiophene rings is 1. The molecule has 0 aliphatic rings. The van der Waals surface area contributed by atoms with Crippen LogP contribution >= 0.6 is 33.9 Å². The predicted octanol–water partition coefficient (Wildman–Crippen LogP) is 3.48. The molecule has 6 heteroatoms. The van der Waals surface area contributed by atoms with Crippen LogP contribution in [0, 0.1) is 9.39 Å². The number of benzene rings is 1. The number of hydrogen-bond donors (Lipinski definition) is 2. The molecule has 0 fully saturated rings. The molecule has 0 aliphatic carbocycles. The van der Waals surface area contributed by atoms with Gasteiger partial charge in [0.15, 0.2) is 0 Å². The molecule has 1 atom stereocenters. The van der Waals surface area contributed by atoms with E-state index in [2.05, 4.69) is 27.9 Å². The van der Waals surface area contributed by atoms with Crippen molar-refractivity contribution in [3.05, 3.63) is 50.0 Å². The number of halogens is 2. The van der Waals surface area contributed by atoms with Crippen LogP contribution < -0.4 is 5.32 Å². The second kappa shape index (κ2) is 7.92. The van der Waals surface area contributed by atoms with Crippen molar-refractivity contribution in [3.8, 4) is 0 Å². The van der Waals surface area contributed by atoms with Gasteiger partial charge < -0.3 is 15.2 Å². The van der Waals surface area contributed by atoms with E-state index in [9.17, 15) is 9.50 Å². The Labute approximate surface area is 134 Å². The van der Waals surface area contributed by atoms with E-state index in [1.54, 1.807) is 17.4 Å². The van der Waals surface area contributed by atoms with Crippen LogP contribution in [0.1, 0.15) is 4.88 Å². The largest absolute Gasteiger partial charge is 0.389 e. The third-order valence-electron chi connectivity index (χ3n) is 2.59. The summed E-state index contributed by atoms with van der Waals surface area (Å²) in [6.45, 7) is 1.15. The Morgan fingerprint density at radius 2 is 2.25 bits per heavy atom. The van der Waals surface area contributed by atoms with Crippen molar-refractivity contribution in [2.24, 2.45) is 0 Å². The number of ether oxygens (including phenoxy) is 1. The first-order valence-electron chi connectivity index (χ1n) is 6.12. The lowest BCUT2D eigenvalue weighted by molar-refractivity contribution is 0.0359. The fourth-order valence-electron chi connectivity index (χ4n) is 1.61. The number of aliphatic hydroxyl groups excluding tert-OH is 1. The van der Waals surface area contributed by atoms with Gasteiger partial charge in [-0.1, -0.05) is 6.07 Å². The Morgan fingerprint density at radius 1 is 1.40 bits per heavy atom. The zero-order chi connectivity index (χ0) is 14.4. The maximum Gasteiger partial charge on any atom is 0.124 e. The van der Waals surface area contributed by atoms with Crippen LogP contribution in [0.4, 0.5) is 10.1 Å². The summed E-state index contributed by atoms with van der Waals surface area (Å²) in [5.41, 5.74) is 0.810. The maximum atomic E-state index is 12.9. The molecule has 1 unspecified atom stereocenters. The van der Waals surface area contributed by atoms with Gasteiger partial charge in [0.1, 0.15) is 5.82 Å². The topological polar surface area (TPSA) is 41.5 Å². The number of rotatable bonds is 7. The predicted molar refractivity (Wildman–Crippen MR) is 87.6 cm³/mol. The Morgan fingerprint density at radius 3 is 2.95 bits per heavy atom. The molecular formula is C14H15FINO2S. The summed E-state index contributed by atoms with van der Waals surface area (Å²) in [5, 5.41) is 14.9. The van der Waals surface area contributed by atoms with E-state index in [-0.39, 0.29) is 12.4 Å². The lowest BCUT2D eigenvalue weighted by Gasteiger charge is -2.14. The van der Waals surface area contributed by atoms with Gasteiger partial charge in [0.25, 0.3) is 0 Å². The molecule has 0 aliphatic heterocycles. The molecule has 3 nitrogen and oxygen atoms in total. The van der Waals surface area contributed by atoms with Gasteiger partial charge in [-0.2, -0.15) is 0 Å². The van der Waals surface area contributed by atoms with Gasteiger partial charge in [0.2, 0.25) is 0 Å². The molecule has 0 amide bonds. The highest BCUT2D eigenvalue weighted by Gasteiger charge is 2.07. The zero-order valence-electron chi connectivity index (χ0n) is 10.7. The molecule has 0 saturated carbocycles. The summed E-state index contributed by atoms with van der Waals surface area (Å²) < 4.78 is 19.2. The van der Waals surface area contributed by atoms with Crippen molar-refractivity contribution in [2.75, 3.05) is 18.5 Å². The molecule has 0 spiro atoms. The average Bonchev–Trinajstić information content (AvgIpc) is 2.91. The van der Waals surface area contributed by atoms with Gasteiger partial charge in [-0.15, -0.1) is 11.3 Å². The number of nitrogens with one attached hydrogen (secondary N) is 1. The summed E-state index contributed by atoms with van der Waals surface area (Å²) in [4.78, 5) is 1.14. The van der Waals surface area contributed by atoms with E-state index in [4.69, 9.17) is 4.74 Å².